The minimum absolute atomic E-state index is 0.303. The maximum Gasteiger partial charge on any atom is 0.235 e. The summed E-state index contributed by atoms with van der Waals surface area (Å²) in [5.41, 5.74) is 1.27. The lowest BCUT2D eigenvalue weighted by atomic mass is 10.2. The van der Waals surface area contributed by atoms with Crippen molar-refractivity contribution in [3.05, 3.63) is 41.4 Å². The van der Waals surface area contributed by atoms with Gasteiger partial charge in [0.25, 0.3) is 0 Å². The average molecular weight is 311 g/mol. The summed E-state index contributed by atoms with van der Waals surface area (Å²) in [7, 11) is 1.63. The summed E-state index contributed by atoms with van der Waals surface area (Å²) in [6, 6.07) is 9.75. The molecule has 0 bridgehead atoms. The number of ether oxygens (including phenoxy) is 2. The number of nitrogens with zero attached hydrogens (tertiary/aromatic N) is 3. The molecule has 0 atom stereocenters. The van der Waals surface area contributed by atoms with Gasteiger partial charge in [0.05, 0.1) is 20.3 Å². The Hall–Kier alpha value is -2.78. The lowest BCUT2D eigenvalue weighted by Gasteiger charge is -2.25. The van der Waals surface area contributed by atoms with E-state index in [9.17, 15) is 5.26 Å². The topological polar surface area (TPSA) is 71.5 Å². The Balaban J connectivity index is 1.81. The predicted octanol–water partition coefficient (Wildman–Crippen LogP) is 2.56. The van der Waals surface area contributed by atoms with Crippen LogP contribution in [0.15, 0.2) is 28.7 Å². The van der Waals surface area contributed by atoms with Gasteiger partial charge in [-0.2, -0.15) is 10.2 Å². The Kier molecular flexibility index (Phi) is 4.60. The summed E-state index contributed by atoms with van der Waals surface area (Å²) < 4.78 is 16.3. The molecule has 0 spiro atoms. The summed E-state index contributed by atoms with van der Waals surface area (Å²) >= 11 is 0. The molecular formula is C17H17N3O3. The van der Waals surface area contributed by atoms with Crippen LogP contribution in [0.4, 0.5) is 5.88 Å². The molecule has 0 saturated carbocycles. The van der Waals surface area contributed by atoms with Crippen molar-refractivity contribution in [2.45, 2.75) is 0 Å². The second-order valence-electron chi connectivity index (χ2n) is 5.03. The van der Waals surface area contributed by atoms with Crippen LogP contribution < -0.4 is 9.64 Å². The zero-order valence-electron chi connectivity index (χ0n) is 12.9. The van der Waals surface area contributed by atoms with Gasteiger partial charge < -0.3 is 18.8 Å². The molecule has 0 N–H and O–H groups in total. The predicted molar refractivity (Wildman–Crippen MR) is 86.2 cm³/mol. The smallest absolute Gasteiger partial charge is 0.235 e. The van der Waals surface area contributed by atoms with Crippen molar-refractivity contribution in [1.29, 1.82) is 5.26 Å². The maximum atomic E-state index is 9.24. The standard InChI is InChI=1S/C17H17N3O3/c1-21-14-4-2-3-13(11-14)5-6-16-19-15(12-18)17(23-16)20-7-9-22-10-8-20/h2-6,11H,7-10H2,1H3. The number of morpholine rings is 1. The summed E-state index contributed by atoms with van der Waals surface area (Å²) in [5, 5.41) is 9.24. The van der Waals surface area contributed by atoms with Crippen molar-refractivity contribution < 1.29 is 13.9 Å². The summed E-state index contributed by atoms with van der Waals surface area (Å²) in [6.45, 7) is 2.65. The van der Waals surface area contributed by atoms with Gasteiger partial charge in [0.15, 0.2) is 0 Å². The number of oxazole rings is 1. The van der Waals surface area contributed by atoms with Crippen molar-refractivity contribution in [2.24, 2.45) is 0 Å². The summed E-state index contributed by atoms with van der Waals surface area (Å²) in [6.07, 6.45) is 3.62. The maximum absolute atomic E-state index is 9.24. The van der Waals surface area contributed by atoms with Gasteiger partial charge in [-0.1, -0.05) is 12.1 Å². The van der Waals surface area contributed by atoms with Crippen LogP contribution in [0.2, 0.25) is 0 Å². The molecule has 1 saturated heterocycles. The number of rotatable bonds is 4. The van der Waals surface area contributed by atoms with Crippen LogP contribution in [-0.2, 0) is 4.74 Å². The molecule has 0 amide bonds. The van der Waals surface area contributed by atoms with Crippen LogP contribution >= 0.6 is 0 Å². The van der Waals surface area contributed by atoms with Crippen molar-refractivity contribution in [1.82, 2.24) is 4.98 Å². The molecule has 6 heteroatoms. The van der Waals surface area contributed by atoms with E-state index in [2.05, 4.69) is 11.1 Å². The molecule has 0 radical (unpaired) electrons. The average Bonchev–Trinajstić information content (AvgIpc) is 3.04. The van der Waals surface area contributed by atoms with Crippen LogP contribution in [-0.4, -0.2) is 38.4 Å². The van der Waals surface area contributed by atoms with Gasteiger partial charge in [-0.3, -0.25) is 0 Å². The Labute approximate surface area is 134 Å². The number of anilines is 1. The van der Waals surface area contributed by atoms with Crippen molar-refractivity contribution in [2.75, 3.05) is 38.3 Å². The van der Waals surface area contributed by atoms with Gasteiger partial charge in [-0.05, 0) is 23.8 Å². The monoisotopic (exact) mass is 311 g/mol. The molecule has 23 heavy (non-hydrogen) atoms. The normalized spacial score (nSPS) is 14.9. The van der Waals surface area contributed by atoms with Crippen LogP contribution in [0.25, 0.3) is 12.2 Å². The number of hydrogen-bond acceptors (Lipinski definition) is 6. The Bertz CT molecular complexity index is 740. The van der Waals surface area contributed by atoms with Gasteiger partial charge in [-0.15, -0.1) is 0 Å². The highest BCUT2D eigenvalue weighted by Gasteiger charge is 2.20. The fourth-order valence-corrected chi connectivity index (χ4v) is 2.37. The molecule has 2 heterocycles. The highest BCUT2D eigenvalue weighted by atomic mass is 16.5. The van der Waals surface area contributed by atoms with E-state index in [1.54, 1.807) is 13.2 Å². The first-order valence-corrected chi connectivity index (χ1v) is 7.36. The van der Waals surface area contributed by atoms with Crippen molar-refractivity contribution in [3.8, 4) is 11.8 Å². The minimum Gasteiger partial charge on any atom is -0.497 e. The van der Waals surface area contributed by atoms with E-state index in [0.29, 0.717) is 43.8 Å². The molecule has 118 valence electrons. The van der Waals surface area contributed by atoms with Crippen LogP contribution in [0.5, 0.6) is 5.75 Å². The van der Waals surface area contributed by atoms with Gasteiger partial charge in [0, 0.05) is 19.2 Å². The Morgan fingerprint density at radius 1 is 1.30 bits per heavy atom. The first-order chi connectivity index (χ1) is 11.3. The zero-order chi connectivity index (χ0) is 16.1. The fraction of sp³-hybridized carbons (Fsp3) is 0.294. The van der Waals surface area contributed by atoms with E-state index in [0.717, 1.165) is 11.3 Å². The second kappa shape index (κ2) is 6.99. The summed E-state index contributed by atoms with van der Waals surface area (Å²) in [4.78, 5) is 6.22. The van der Waals surface area contributed by atoms with Crippen molar-refractivity contribution >= 4 is 18.0 Å². The van der Waals surface area contributed by atoms with Gasteiger partial charge >= 0.3 is 0 Å². The van der Waals surface area contributed by atoms with Crippen LogP contribution in [0.1, 0.15) is 17.1 Å². The van der Waals surface area contributed by atoms with E-state index >= 15 is 0 Å². The first kappa shape index (κ1) is 15.1. The number of hydrogen-bond donors (Lipinski definition) is 0. The van der Waals surface area contributed by atoms with Crippen LogP contribution in [0.3, 0.4) is 0 Å². The van der Waals surface area contributed by atoms with E-state index in [4.69, 9.17) is 13.9 Å². The number of benzene rings is 1. The van der Waals surface area contributed by atoms with Crippen molar-refractivity contribution in [3.63, 3.8) is 0 Å². The first-order valence-electron chi connectivity index (χ1n) is 7.36. The largest absolute Gasteiger partial charge is 0.497 e. The van der Waals surface area contributed by atoms with Gasteiger partial charge in [0.2, 0.25) is 17.5 Å². The molecule has 0 unspecified atom stereocenters. The molecule has 1 aliphatic heterocycles. The Morgan fingerprint density at radius 3 is 2.87 bits per heavy atom. The SMILES string of the molecule is COc1cccc(C=Cc2nc(C#N)c(N3CCOCC3)o2)c1. The Morgan fingerprint density at radius 2 is 2.13 bits per heavy atom. The van der Waals surface area contributed by atoms with Gasteiger partial charge in [-0.25, -0.2) is 0 Å². The number of methoxy groups -OCH3 is 1. The number of nitriles is 1. The lowest BCUT2D eigenvalue weighted by Crippen LogP contribution is -2.36. The molecule has 2 aromatic rings. The van der Waals surface area contributed by atoms with E-state index in [1.165, 1.54) is 0 Å². The highest BCUT2D eigenvalue weighted by Crippen LogP contribution is 2.24. The summed E-state index contributed by atoms with van der Waals surface area (Å²) in [5.74, 6) is 1.71. The second-order valence-corrected chi connectivity index (χ2v) is 5.03. The molecule has 1 aliphatic rings. The van der Waals surface area contributed by atoms with E-state index in [1.807, 2.05) is 35.2 Å². The van der Waals surface area contributed by atoms with Crippen LogP contribution in [0, 0.1) is 11.3 Å². The molecule has 0 aliphatic carbocycles. The van der Waals surface area contributed by atoms with E-state index in [-0.39, 0.29) is 0 Å². The zero-order valence-corrected chi connectivity index (χ0v) is 12.9. The third-order valence-electron chi connectivity index (χ3n) is 3.54. The highest BCUT2D eigenvalue weighted by molar-refractivity contribution is 5.68. The molecule has 3 rings (SSSR count). The van der Waals surface area contributed by atoms with Gasteiger partial charge in [0.1, 0.15) is 11.8 Å². The molecule has 1 aromatic carbocycles. The quantitative estimate of drug-likeness (QED) is 0.864. The molecular weight excluding hydrogens is 294 g/mol. The number of aromatic nitrogens is 1. The lowest BCUT2D eigenvalue weighted by molar-refractivity contribution is 0.120. The molecule has 1 fully saturated rings. The molecule has 1 aromatic heterocycles. The molecule has 6 nitrogen and oxygen atoms in total. The third kappa shape index (κ3) is 3.52. The fourth-order valence-electron chi connectivity index (χ4n) is 2.37. The van der Waals surface area contributed by atoms with E-state index < -0.39 is 0 Å². The minimum atomic E-state index is 0.303. The third-order valence-corrected chi connectivity index (χ3v) is 3.54.